The molecule has 1 atom stereocenters. The van der Waals surface area contributed by atoms with Crippen molar-refractivity contribution in [1.82, 2.24) is 14.1 Å². The summed E-state index contributed by atoms with van der Waals surface area (Å²) in [4.78, 5) is 29.3. The number of benzene rings is 5. The molecule has 304 valence electrons. The first kappa shape index (κ1) is 40.0. The maximum absolute atomic E-state index is 12.4. The lowest BCUT2D eigenvalue weighted by Crippen LogP contribution is -2.40. The summed E-state index contributed by atoms with van der Waals surface area (Å²) in [6, 6.07) is 32.7. The monoisotopic (exact) mass is 802 g/mol. The molecule has 10 heteroatoms. The highest BCUT2D eigenvalue weighted by atomic mass is 16.4. The van der Waals surface area contributed by atoms with Gasteiger partial charge >= 0.3 is 11.9 Å². The average molecular weight is 803 g/mol. The summed E-state index contributed by atoms with van der Waals surface area (Å²) in [5, 5.41) is 24.0. The number of hydrogen-bond acceptors (Lipinski definition) is 6. The van der Waals surface area contributed by atoms with Crippen molar-refractivity contribution in [3.63, 3.8) is 0 Å². The van der Waals surface area contributed by atoms with E-state index in [0.717, 1.165) is 87.0 Å². The van der Waals surface area contributed by atoms with Crippen molar-refractivity contribution in [1.29, 1.82) is 0 Å². The zero-order chi connectivity index (χ0) is 42.2. The maximum Gasteiger partial charge on any atom is 0.336 e. The van der Waals surface area contributed by atoms with Gasteiger partial charge in [0.15, 0.2) is 0 Å². The van der Waals surface area contributed by atoms with Crippen LogP contribution >= 0.6 is 0 Å². The van der Waals surface area contributed by atoms with Crippen LogP contribution in [-0.4, -0.2) is 88.5 Å². The Bertz CT molecular complexity index is 3020. The Labute approximate surface area is 348 Å². The highest BCUT2D eigenvalue weighted by Crippen LogP contribution is 2.42. The van der Waals surface area contributed by atoms with Crippen LogP contribution in [0.25, 0.3) is 68.0 Å². The van der Waals surface area contributed by atoms with Gasteiger partial charge in [-0.15, -0.1) is 0 Å². The second-order valence-electron chi connectivity index (χ2n) is 16.0. The summed E-state index contributed by atoms with van der Waals surface area (Å²) < 4.78 is 17.2. The van der Waals surface area contributed by atoms with Crippen molar-refractivity contribution < 1.29 is 28.6 Å². The summed E-state index contributed by atoms with van der Waals surface area (Å²) in [6.45, 7) is 1.71. The molecule has 0 saturated carbocycles. The fraction of sp³-hybridized carbons (Fsp3) is 0.240. The lowest BCUT2D eigenvalue weighted by molar-refractivity contribution is 0.0687. The molecule has 3 aromatic rings. The second-order valence-corrected chi connectivity index (χ2v) is 16.0. The van der Waals surface area contributed by atoms with Gasteiger partial charge in [0.25, 0.3) is 0 Å². The average Bonchev–Trinajstić information content (AvgIpc) is 3.25. The largest absolute Gasteiger partial charge is 0.478 e. The number of aromatic carboxylic acids is 2. The number of carboxylic acids is 2. The topological polar surface area (TPSA) is 113 Å². The number of hydrogen-bond donors (Lipinski definition) is 2. The van der Waals surface area contributed by atoms with Gasteiger partial charge in [0.05, 0.1) is 23.3 Å². The van der Waals surface area contributed by atoms with E-state index in [0.29, 0.717) is 28.2 Å². The first-order valence-corrected chi connectivity index (χ1v) is 20.3. The van der Waals surface area contributed by atoms with Crippen molar-refractivity contribution >= 4 is 40.7 Å². The van der Waals surface area contributed by atoms with Crippen LogP contribution in [-0.2, 0) is 0 Å². The van der Waals surface area contributed by atoms with Gasteiger partial charge in [-0.3, -0.25) is 4.90 Å². The van der Waals surface area contributed by atoms with E-state index in [1.54, 1.807) is 24.3 Å². The molecule has 0 radical (unpaired) electrons. The molecule has 2 heterocycles. The van der Waals surface area contributed by atoms with Crippen LogP contribution < -0.4 is 35.4 Å². The Hall–Kier alpha value is -6.78. The molecule has 0 amide bonds. The van der Waals surface area contributed by atoms with E-state index in [2.05, 4.69) is 48.2 Å². The Morgan fingerprint density at radius 3 is 1.85 bits per heavy atom. The number of carbonyl (C=O) groups is 2. The Morgan fingerprint density at radius 2 is 1.23 bits per heavy atom. The van der Waals surface area contributed by atoms with Gasteiger partial charge in [0.2, 0.25) is 10.7 Å². The third kappa shape index (κ3) is 7.62. The number of nitrogens with zero attached hydrogens (tertiary/aromatic N) is 4. The molecular formula is C50H50N4O6+2. The van der Waals surface area contributed by atoms with Gasteiger partial charge in [-0.1, -0.05) is 42.5 Å². The highest BCUT2D eigenvalue weighted by molar-refractivity contribution is 6.08. The van der Waals surface area contributed by atoms with Crippen LogP contribution in [0.1, 0.15) is 40.0 Å². The Morgan fingerprint density at radius 1 is 0.667 bits per heavy atom. The summed E-state index contributed by atoms with van der Waals surface area (Å²) >= 11 is 0. The fourth-order valence-electron chi connectivity index (χ4n) is 8.38. The predicted octanol–water partition coefficient (Wildman–Crippen LogP) is 6.21. The second kappa shape index (κ2) is 16.5. The molecule has 0 fully saturated rings. The summed E-state index contributed by atoms with van der Waals surface area (Å²) in [5.74, 6) is -0.538. The zero-order valence-electron chi connectivity index (χ0n) is 34.9. The normalized spacial score (nSPS) is 13.6. The van der Waals surface area contributed by atoms with Gasteiger partial charge < -0.3 is 23.9 Å². The third-order valence-corrected chi connectivity index (χ3v) is 11.7. The van der Waals surface area contributed by atoms with Crippen molar-refractivity contribution in [3.8, 4) is 44.9 Å². The van der Waals surface area contributed by atoms with E-state index in [4.69, 9.17) is 8.83 Å². The van der Waals surface area contributed by atoms with E-state index in [1.807, 2.05) is 104 Å². The molecule has 2 aliphatic heterocycles. The third-order valence-electron chi connectivity index (χ3n) is 11.7. The molecule has 60 heavy (non-hydrogen) atoms. The van der Waals surface area contributed by atoms with Crippen molar-refractivity contribution in [3.05, 3.63) is 136 Å². The van der Waals surface area contributed by atoms with Crippen LogP contribution in [0.15, 0.2) is 112 Å². The molecule has 0 spiro atoms. The van der Waals surface area contributed by atoms with E-state index < -0.39 is 11.9 Å². The minimum absolute atomic E-state index is 0.112. The number of anilines is 1. The van der Waals surface area contributed by atoms with E-state index in [-0.39, 0.29) is 17.2 Å². The van der Waals surface area contributed by atoms with Crippen LogP contribution in [0.5, 0.6) is 0 Å². The first-order chi connectivity index (χ1) is 28.9. The van der Waals surface area contributed by atoms with Gasteiger partial charge in [-0.2, -0.15) is 0 Å². The molecule has 2 N–H and O–H groups in total. The molecular weight excluding hydrogens is 753 g/mol. The van der Waals surface area contributed by atoms with Gasteiger partial charge in [0.1, 0.15) is 50.7 Å². The standard InChI is InChI=1S/C50H48N4O6/c1-51(2)31-17-21-39-43(27-31)59-45-29-33(19-23-41(45)47(39)35-13-7-9-15-37(35)49(55)56)53(5)25-11-12-26-54(6)34-20-24-42-46(30-34)60-44-28-32(52(3)4)18-22-40(44)48(42)36-14-8-10-16-38(36)50(57)58/h7-10,13-19,21-24,27-30,34H,11-12,20,25-26H2,1-6H3/p+2. The van der Waals surface area contributed by atoms with Crippen LogP contribution in [0.4, 0.5) is 5.69 Å². The lowest BCUT2D eigenvalue weighted by atomic mass is 9.90. The molecule has 5 aliphatic rings. The molecule has 3 aromatic carbocycles. The summed E-state index contributed by atoms with van der Waals surface area (Å²) in [5.41, 5.74) is 7.74. The molecule has 0 aromatic heterocycles. The number of unbranched alkanes of at least 4 members (excludes halogenated alkanes) is 1. The predicted molar refractivity (Wildman–Crippen MR) is 239 cm³/mol. The van der Waals surface area contributed by atoms with Crippen LogP contribution in [0.2, 0.25) is 0 Å². The number of fused-ring (bicyclic) bond motifs is 4. The van der Waals surface area contributed by atoms with Gasteiger partial charge in [0, 0.05) is 76.4 Å². The highest BCUT2D eigenvalue weighted by Gasteiger charge is 2.25. The maximum atomic E-state index is 12.4. The molecule has 0 bridgehead atoms. The molecule has 1 unspecified atom stereocenters. The number of carboxylic acid groups (broad SMARTS) is 2. The SMILES string of the molecule is CN(CCCCN(C)C1C=c2oc3cc(=[N+](C)C)ccc-3c(-c3ccccc3C(=O)O)c2=CC1)c1ccc2c(-c3ccccc3C(=O)O)c3ccc(=[N+](C)C)cc-3oc2c1. The summed E-state index contributed by atoms with van der Waals surface area (Å²) in [6.07, 6.45) is 7.09. The van der Waals surface area contributed by atoms with Gasteiger partial charge in [-0.25, -0.2) is 18.7 Å². The van der Waals surface area contributed by atoms with Gasteiger partial charge in [-0.05, 0) is 86.5 Å². The van der Waals surface area contributed by atoms with E-state index in [1.165, 1.54) is 0 Å². The zero-order valence-corrected chi connectivity index (χ0v) is 34.9. The molecule has 8 rings (SSSR count). The summed E-state index contributed by atoms with van der Waals surface area (Å²) in [7, 11) is 12.2. The first-order valence-electron chi connectivity index (χ1n) is 20.3. The minimum Gasteiger partial charge on any atom is -0.478 e. The fourth-order valence-corrected chi connectivity index (χ4v) is 8.38. The van der Waals surface area contributed by atoms with Crippen molar-refractivity contribution in [2.24, 2.45) is 0 Å². The van der Waals surface area contributed by atoms with Crippen molar-refractivity contribution in [2.45, 2.75) is 25.3 Å². The number of rotatable bonds is 11. The molecule has 0 saturated heterocycles. The lowest BCUT2D eigenvalue weighted by Gasteiger charge is -2.27. The van der Waals surface area contributed by atoms with Crippen LogP contribution in [0.3, 0.4) is 0 Å². The van der Waals surface area contributed by atoms with Crippen molar-refractivity contribution in [2.75, 3.05) is 60.3 Å². The Kier molecular flexibility index (Phi) is 11.0. The quantitative estimate of drug-likeness (QED) is 0.0903. The molecule has 3 aliphatic carbocycles. The molecule has 10 nitrogen and oxygen atoms in total. The minimum atomic E-state index is -0.973. The Balaban J connectivity index is 1.03. The smallest absolute Gasteiger partial charge is 0.336 e. The van der Waals surface area contributed by atoms with Crippen LogP contribution in [0, 0.1) is 0 Å². The van der Waals surface area contributed by atoms with E-state index >= 15 is 0 Å². The van der Waals surface area contributed by atoms with E-state index in [9.17, 15) is 19.8 Å².